The summed E-state index contributed by atoms with van der Waals surface area (Å²) in [4.78, 5) is 31.7. The lowest BCUT2D eigenvalue weighted by Gasteiger charge is -2.29. The summed E-state index contributed by atoms with van der Waals surface area (Å²) in [5.41, 5.74) is -0.322. The zero-order chi connectivity index (χ0) is 18.0. The highest BCUT2D eigenvalue weighted by molar-refractivity contribution is 5.94. The Hall–Kier alpha value is -1.69. The molecule has 1 heterocycles. The number of aryl methyl sites for hydroxylation is 1. The maximum absolute atomic E-state index is 12.4. The highest BCUT2D eigenvalue weighted by Crippen LogP contribution is 2.21. The number of hydrogen-bond donors (Lipinski definition) is 2. The van der Waals surface area contributed by atoms with E-state index in [9.17, 15) is 9.59 Å². The molecule has 1 atom stereocenters. The first-order chi connectivity index (χ1) is 10.4. The Balaban J connectivity index is 3.00. The van der Waals surface area contributed by atoms with Gasteiger partial charge in [-0.05, 0) is 12.3 Å². The minimum absolute atomic E-state index is 0.0572. The van der Waals surface area contributed by atoms with Gasteiger partial charge in [-0.15, -0.1) is 0 Å². The number of methoxy groups -OCH3 is 1. The van der Waals surface area contributed by atoms with Crippen LogP contribution in [-0.2, 0) is 10.2 Å². The molecule has 130 valence electrons. The van der Waals surface area contributed by atoms with Crippen molar-refractivity contribution in [2.24, 2.45) is 5.41 Å². The Bertz CT molecular complexity index is 621. The molecule has 0 aliphatic heterocycles. The van der Waals surface area contributed by atoms with Gasteiger partial charge in [0.1, 0.15) is 11.4 Å². The molecule has 1 aromatic rings. The first-order valence-electron chi connectivity index (χ1n) is 7.80. The average molecular weight is 323 g/mol. The van der Waals surface area contributed by atoms with Crippen molar-refractivity contribution in [3.8, 4) is 0 Å². The van der Waals surface area contributed by atoms with Gasteiger partial charge in [0.25, 0.3) is 11.5 Å². The Morgan fingerprint density at radius 2 is 1.83 bits per heavy atom. The number of nitrogens with zero attached hydrogens (tertiary/aromatic N) is 1. The zero-order valence-corrected chi connectivity index (χ0v) is 15.5. The van der Waals surface area contributed by atoms with E-state index in [1.54, 1.807) is 14.0 Å². The standard InChI is InChI=1S/C17H29N3O3/c1-10-12(14(22)20-15(19-10)17(5,6)7)13(21)18-9-11(23-8)16(2,3)4/h11H,9H2,1-8H3,(H,18,21)(H,19,20,22). The molecule has 6 heteroatoms. The number of aromatic amines is 1. The summed E-state index contributed by atoms with van der Waals surface area (Å²) in [6, 6.07) is 0. The van der Waals surface area contributed by atoms with Gasteiger partial charge in [-0.25, -0.2) is 4.98 Å². The fourth-order valence-electron chi connectivity index (χ4n) is 2.23. The van der Waals surface area contributed by atoms with Crippen molar-refractivity contribution in [2.75, 3.05) is 13.7 Å². The number of carbonyl (C=O) groups is 1. The van der Waals surface area contributed by atoms with Crippen LogP contribution in [0.3, 0.4) is 0 Å². The Labute approximate surface area is 138 Å². The Morgan fingerprint density at radius 1 is 1.26 bits per heavy atom. The molecular formula is C17H29N3O3. The van der Waals surface area contributed by atoms with Gasteiger partial charge in [0, 0.05) is 19.1 Å². The highest BCUT2D eigenvalue weighted by Gasteiger charge is 2.26. The predicted molar refractivity (Wildman–Crippen MR) is 90.9 cm³/mol. The van der Waals surface area contributed by atoms with Crippen molar-refractivity contribution < 1.29 is 9.53 Å². The molecule has 0 aliphatic rings. The van der Waals surface area contributed by atoms with Crippen LogP contribution >= 0.6 is 0 Å². The molecule has 0 saturated heterocycles. The van der Waals surface area contributed by atoms with Crippen molar-refractivity contribution in [2.45, 2.75) is 60.0 Å². The van der Waals surface area contributed by atoms with Crippen LogP contribution < -0.4 is 10.9 Å². The van der Waals surface area contributed by atoms with Crippen LogP contribution in [-0.4, -0.2) is 35.6 Å². The molecule has 0 bridgehead atoms. The number of amides is 1. The summed E-state index contributed by atoms with van der Waals surface area (Å²) >= 11 is 0. The van der Waals surface area contributed by atoms with Gasteiger partial charge in [-0.1, -0.05) is 41.5 Å². The number of ether oxygens (including phenoxy) is 1. The number of rotatable bonds is 4. The van der Waals surface area contributed by atoms with Crippen molar-refractivity contribution in [1.29, 1.82) is 0 Å². The summed E-state index contributed by atoms with van der Waals surface area (Å²) in [5, 5.41) is 2.77. The van der Waals surface area contributed by atoms with Crippen LogP contribution in [0, 0.1) is 12.3 Å². The molecule has 2 N–H and O–H groups in total. The number of carbonyl (C=O) groups excluding carboxylic acids is 1. The Kier molecular flexibility index (Phi) is 5.74. The first-order valence-corrected chi connectivity index (χ1v) is 7.80. The third-order valence-electron chi connectivity index (χ3n) is 3.74. The van der Waals surface area contributed by atoms with Gasteiger partial charge < -0.3 is 15.0 Å². The second-order valence-electron chi connectivity index (χ2n) is 7.93. The number of aromatic nitrogens is 2. The largest absolute Gasteiger partial charge is 0.379 e. The molecule has 1 unspecified atom stereocenters. The summed E-state index contributed by atoms with van der Waals surface area (Å²) < 4.78 is 5.41. The number of hydrogen-bond acceptors (Lipinski definition) is 4. The van der Waals surface area contributed by atoms with Crippen LogP contribution in [0.1, 0.15) is 63.4 Å². The predicted octanol–water partition coefficient (Wildman–Crippen LogP) is 2.17. The molecule has 0 fully saturated rings. The van der Waals surface area contributed by atoms with E-state index in [4.69, 9.17) is 4.74 Å². The fourth-order valence-corrected chi connectivity index (χ4v) is 2.23. The second kappa shape index (κ2) is 6.83. The zero-order valence-electron chi connectivity index (χ0n) is 15.5. The van der Waals surface area contributed by atoms with Crippen LogP contribution in [0.25, 0.3) is 0 Å². The minimum atomic E-state index is -0.428. The molecule has 1 rings (SSSR count). The second-order valence-corrected chi connectivity index (χ2v) is 7.93. The summed E-state index contributed by atoms with van der Waals surface area (Å²) in [5.74, 6) is 0.143. The lowest BCUT2D eigenvalue weighted by Crippen LogP contribution is -2.42. The van der Waals surface area contributed by atoms with Gasteiger partial charge in [0.15, 0.2) is 0 Å². The lowest BCUT2D eigenvalue weighted by atomic mass is 9.89. The smallest absolute Gasteiger partial charge is 0.264 e. The number of H-pyrrole nitrogens is 1. The molecule has 6 nitrogen and oxygen atoms in total. The molecule has 23 heavy (non-hydrogen) atoms. The molecule has 0 saturated carbocycles. The monoisotopic (exact) mass is 323 g/mol. The number of nitrogens with one attached hydrogen (secondary N) is 2. The maximum Gasteiger partial charge on any atom is 0.264 e. The van der Waals surface area contributed by atoms with Crippen molar-refractivity contribution in [3.05, 3.63) is 27.4 Å². The van der Waals surface area contributed by atoms with E-state index in [0.29, 0.717) is 18.1 Å². The third kappa shape index (κ3) is 4.89. The van der Waals surface area contributed by atoms with Crippen molar-refractivity contribution in [3.63, 3.8) is 0 Å². The van der Waals surface area contributed by atoms with Gasteiger partial charge >= 0.3 is 0 Å². The SMILES string of the molecule is COC(CNC(=O)c1c(C)nc(C(C)(C)C)[nH]c1=O)C(C)(C)C. The van der Waals surface area contributed by atoms with E-state index in [1.807, 2.05) is 41.5 Å². The fraction of sp³-hybridized carbons (Fsp3) is 0.706. The summed E-state index contributed by atoms with van der Waals surface area (Å²) in [6.45, 7) is 14.0. The summed E-state index contributed by atoms with van der Waals surface area (Å²) in [6.07, 6.45) is -0.146. The van der Waals surface area contributed by atoms with E-state index in [-0.39, 0.29) is 22.5 Å². The van der Waals surface area contributed by atoms with Crippen molar-refractivity contribution in [1.82, 2.24) is 15.3 Å². The highest BCUT2D eigenvalue weighted by atomic mass is 16.5. The molecule has 1 aromatic heterocycles. The van der Waals surface area contributed by atoms with Crippen LogP contribution in [0.4, 0.5) is 0 Å². The van der Waals surface area contributed by atoms with Crippen molar-refractivity contribution >= 4 is 5.91 Å². The van der Waals surface area contributed by atoms with E-state index in [1.165, 1.54) is 0 Å². The quantitative estimate of drug-likeness (QED) is 0.889. The van der Waals surface area contributed by atoms with E-state index >= 15 is 0 Å². The molecular weight excluding hydrogens is 294 g/mol. The molecule has 0 spiro atoms. The average Bonchev–Trinajstić information content (AvgIpc) is 2.35. The van der Waals surface area contributed by atoms with Gasteiger partial charge in [-0.3, -0.25) is 9.59 Å². The molecule has 1 amide bonds. The normalized spacial score (nSPS) is 13.7. The van der Waals surface area contributed by atoms with Crippen LogP contribution in [0.5, 0.6) is 0 Å². The first kappa shape index (κ1) is 19.4. The van der Waals surface area contributed by atoms with Gasteiger partial charge in [-0.2, -0.15) is 0 Å². The van der Waals surface area contributed by atoms with E-state index in [0.717, 1.165) is 0 Å². The van der Waals surface area contributed by atoms with Crippen LogP contribution in [0.2, 0.25) is 0 Å². The summed E-state index contributed by atoms with van der Waals surface area (Å²) in [7, 11) is 1.61. The van der Waals surface area contributed by atoms with Gasteiger partial charge in [0.2, 0.25) is 0 Å². The topological polar surface area (TPSA) is 84.1 Å². The molecule has 0 aliphatic carbocycles. The maximum atomic E-state index is 12.4. The third-order valence-corrected chi connectivity index (χ3v) is 3.74. The minimum Gasteiger partial charge on any atom is -0.379 e. The van der Waals surface area contributed by atoms with E-state index in [2.05, 4.69) is 15.3 Å². The molecule has 0 radical (unpaired) electrons. The lowest BCUT2D eigenvalue weighted by molar-refractivity contribution is 0.0175. The molecule has 0 aromatic carbocycles. The van der Waals surface area contributed by atoms with Gasteiger partial charge in [0.05, 0.1) is 11.8 Å². The van der Waals surface area contributed by atoms with Crippen LogP contribution in [0.15, 0.2) is 4.79 Å². The Morgan fingerprint density at radius 3 is 2.22 bits per heavy atom. The van der Waals surface area contributed by atoms with E-state index < -0.39 is 11.5 Å².